The van der Waals surface area contributed by atoms with Gasteiger partial charge in [0.05, 0.1) is 11.1 Å². The fraction of sp³-hybridized carbons (Fsp3) is 0.500. The molecule has 1 aromatic rings. The number of hydrogen-bond donors (Lipinski definition) is 0. The van der Waals surface area contributed by atoms with E-state index in [1.807, 2.05) is 6.92 Å². The van der Waals surface area contributed by atoms with Crippen molar-refractivity contribution in [2.75, 3.05) is 0 Å². The van der Waals surface area contributed by atoms with Crippen LogP contribution in [0, 0.1) is 5.92 Å². The molecule has 2 aliphatic heterocycles. The molecule has 4 nitrogen and oxygen atoms in total. The lowest BCUT2D eigenvalue weighted by atomic mass is 9.78. The topological polar surface area (TPSA) is 52.6 Å². The standard InChI is InChI=1S/C16H18O4/c1-10-7-8-16(2)13(9-10)19-14(17)11-3-5-12(6-4-11)15(18)20-16/h3-6,10,13H,7-9H2,1-2H3. The van der Waals surface area contributed by atoms with E-state index in [0.29, 0.717) is 23.5 Å². The average Bonchev–Trinajstić information content (AvgIpc) is 2.43. The molecule has 4 rings (SSSR count). The highest BCUT2D eigenvalue weighted by Gasteiger charge is 2.45. The van der Waals surface area contributed by atoms with Gasteiger partial charge in [-0.3, -0.25) is 0 Å². The Bertz CT molecular complexity index is 548. The summed E-state index contributed by atoms with van der Waals surface area (Å²) < 4.78 is 11.3. The predicted molar refractivity (Wildman–Crippen MR) is 72.5 cm³/mol. The summed E-state index contributed by atoms with van der Waals surface area (Å²) in [6, 6.07) is 6.42. The summed E-state index contributed by atoms with van der Waals surface area (Å²) in [6.07, 6.45) is 2.03. The number of benzene rings is 1. The Labute approximate surface area is 118 Å². The van der Waals surface area contributed by atoms with Gasteiger partial charge in [-0.2, -0.15) is 0 Å². The first kappa shape index (κ1) is 13.2. The Morgan fingerprint density at radius 1 is 1.10 bits per heavy atom. The number of esters is 2. The van der Waals surface area contributed by atoms with E-state index in [0.717, 1.165) is 12.8 Å². The lowest BCUT2D eigenvalue weighted by Crippen LogP contribution is -2.50. The van der Waals surface area contributed by atoms with E-state index in [1.54, 1.807) is 24.3 Å². The summed E-state index contributed by atoms with van der Waals surface area (Å²) in [6.45, 7) is 3.99. The molecule has 3 atom stereocenters. The van der Waals surface area contributed by atoms with Crippen LogP contribution >= 0.6 is 0 Å². The lowest BCUT2D eigenvalue weighted by Gasteiger charge is -2.42. The third-order valence-corrected chi connectivity index (χ3v) is 4.36. The zero-order chi connectivity index (χ0) is 14.3. The molecular weight excluding hydrogens is 256 g/mol. The van der Waals surface area contributed by atoms with Gasteiger partial charge >= 0.3 is 11.9 Å². The van der Waals surface area contributed by atoms with E-state index >= 15 is 0 Å². The fourth-order valence-corrected chi connectivity index (χ4v) is 2.93. The van der Waals surface area contributed by atoms with Crippen LogP contribution in [0.15, 0.2) is 24.3 Å². The van der Waals surface area contributed by atoms with Crippen LogP contribution in [-0.4, -0.2) is 23.6 Å². The van der Waals surface area contributed by atoms with Crippen molar-refractivity contribution in [3.63, 3.8) is 0 Å². The maximum atomic E-state index is 12.2. The first-order valence-corrected chi connectivity index (χ1v) is 7.02. The van der Waals surface area contributed by atoms with Crippen molar-refractivity contribution in [3.05, 3.63) is 35.4 Å². The molecule has 106 valence electrons. The van der Waals surface area contributed by atoms with E-state index in [9.17, 15) is 9.59 Å². The summed E-state index contributed by atoms with van der Waals surface area (Å²) in [7, 11) is 0. The SMILES string of the molecule is CC1CCC2(C)OC(=O)c3ccc(cc3)C(=O)OC2C1. The summed E-state index contributed by atoms with van der Waals surface area (Å²) in [5.41, 5.74) is 0.220. The van der Waals surface area contributed by atoms with Crippen LogP contribution in [0.1, 0.15) is 53.8 Å². The number of carbonyl (C=O) groups excluding carboxylic acids is 2. The molecule has 0 aromatic heterocycles. The lowest BCUT2D eigenvalue weighted by molar-refractivity contribution is -0.115. The van der Waals surface area contributed by atoms with Gasteiger partial charge in [0.25, 0.3) is 0 Å². The second-order valence-corrected chi connectivity index (χ2v) is 6.05. The molecule has 0 N–H and O–H groups in total. The Hall–Kier alpha value is -1.84. The number of ether oxygens (including phenoxy) is 2. The van der Waals surface area contributed by atoms with Crippen molar-refractivity contribution in [3.8, 4) is 0 Å². The largest absolute Gasteiger partial charge is 0.455 e. The van der Waals surface area contributed by atoms with Crippen LogP contribution in [0.5, 0.6) is 0 Å². The highest BCUT2D eigenvalue weighted by Crippen LogP contribution is 2.38. The molecule has 2 heterocycles. The highest BCUT2D eigenvalue weighted by molar-refractivity contribution is 5.94. The van der Waals surface area contributed by atoms with E-state index in [-0.39, 0.29) is 18.0 Å². The molecule has 3 aliphatic rings. The van der Waals surface area contributed by atoms with Gasteiger partial charge in [-0.15, -0.1) is 0 Å². The third kappa shape index (κ3) is 2.19. The normalized spacial score (nSPS) is 33.1. The summed E-state index contributed by atoms with van der Waals surface area (Å²) in [5, 5.41) is 0. The number of fused-ring (bicyclic) bond motifs is 4. The summed E-state index contributed by atoms with van der Waals surface area (Å²) >= 11 is 0. The van der Waals surface area contributed by atoms with Gasteiger partial charge in [-0.1, -0.05) is 6.92 Å². The second-order valence-electron chi connectivity index (χ2n) is 6.05. The molecule has 3 unspecified atom stereocenters. The quantitative estimate of drug-likeness (QED) is 0.682. The molecule has 0 saturated heterocycles. The molecule has 0 spiro atoms. The highest BCUT2D eigenvalue weighted by atomic mass is 16.6. The van der Waals surface area contributed by atoms with E-state index in [4.69, 9.17) is 9.47 Å². The maximum Gasteiger partial charge on any atom is 0.338 e. The Morgan fingerprint density at radius 2 is 1.70 bits per heavy atom. The van der Waals surface area contributed by atoms with Crippen molar-refractivity contribution in [2.24, 2.45) is 5.92 Å². The smallest absolute Gasteiger partial charge is 0.338 e. The first-order valence-electron chi connectivity index (χ1n) is 7.02. The van der Waals surface area contributed by atoms with Gasteiger partial charge in [0.1, 0.15) is 11.7 Å². The van der Waals surface area contributed by atoms with Crippen LogP contribution in [0.3, 0.4) is 0 Å². The Morgan fingerprint density at radius 3 is 2.35 bits per heavy atom. The molecule has 1 aliphatic carbocycles. The van der Waals surface area contributed by atoms with Crippen LogP contribution in [0.4, 0.5) is 0 Å². The second kappa shape index (κ2) is 4.62. The zero-order valence-corrected chi connectivity index (χ0v) is 11.7. The Kier molecular flexibility index (Phi) is 3.04. The minimum Gasteiger partial charge on any atom is -0.455 e. The molecule has 0 radical (unpaired) electrons. The summed E-state index contributed by atoms with van der Waals surface area (Å²) in [5.74, 6) is -0.236. The van der Waals surface area contributed by atoms with Crippen LogP contribution in [-0.2, 0) is 9.47 Å². The van der Waals surface area contributed by atoms with Crippen molar-refractivity contribution >= 4 is 11.9 Å². The van der Waals surface area contributed by atoms with Crippen molar-refractivity contribution < 1.29 is 19.1 Å². The Balaban J connectivity index is 2.01. The number of hydrogen-bond acceptors (Lipinski definition) is 4. The molecule has 2 bridgehead atoms. The molecule has 1 fully saturated rings. The third-order valence-electron chi connectivity index (χ3n) is 4.36. The van der Waals surface area contributed by atoms with E-state index in [1.165, 1.54) is 0 Å². The minimum absolute atomic E-state index is 0.347. The molecule has 4 heteroatoms. The number of carbonyl (C=O) groups is 2. The number of rotatable bonds is 0. The van der Waals surface area contributed by atoms with Crippen molar-refractivity contribution in [1.82, 2.24) is 0 Å². The maximum absolute atomic E-state index is 12.2. The molecule has 20 heavy (non-hydrogen) atoms. The van der Waals surface area contributed by atoms with E-state index < -0.39 is 5.60 Å². The van der Waals surface area contributed by atoms with Gasteiger partial charge in [0.2, 0.25) is 0 Å². The predicted octanol–water partition coefficient (Wildman–Crippen LogP) is 2.96. The van der Waals surface area contributed by atoms with Crippen molar-refractivity contribution in [1.29, 1.82) is 0 Å². The molecule has 1 saturated carbocycles. The van der Waals surface area contributed by atoms with Gasteiger partial charge < -0.3 is 9.47 Å². The van der Waals surface area contributed by atoms with Crippen LogP contribution in [0.25, 0.3) is 0 Å². The van der Waals surface area contributed by atoms with Gasteiger partial charge in [0, 0.05) is 0 Å². The zero-order valence-electron chi connectivity index (χ0n) is 11.7. The van der Waals surface area contributed by atoms with E-state index in [2.05, 4.69) is 6.92 Å². The van der Waals surface area contributed by atoms with Crippen LogP contribution < -0.4 is 0 Å². The van der Waals surface area contributed by atoms with Crippen molar-refractivity contribution in [2.45, 2.75) is 44.8 Å². The molecular formula is C16H18O4. The summed E-state index contributed by atoms with van der Waals surface area (Å²) in [4.78, 5) is 24.4. The molecule has 0 amide bonds. The minimum atomic E-state index is -0.730. The fourth-order valence-electron chi connectivity index (χ4n) is 2.93. The monoisotopic (exact) mass is 274 g/mol. The van der Waals surface area contributed by atoms with Gasteiger partial charge in [0.15, 0.2) is 0 Å². The average molecular weight is 274 g/mol. The van der Waals surface area contributed by atoms with Gasteiger partial charge in [-0.05, 0) is 56.4 Å². The van der Waals surface area contributed by atoms with Gasteiger partial charge in [-0.25, -0.2) is 9.59 Å². The first-order chi connectivity index (χ1) is 9.48. The van der Waals surface area contributed by atoms with Crippen LogP contribution in [0.2, 0.25) is 0 Å². The molecule has 1 aromatic carbocycles.